The van der Waals surface area contributed by atoms with Crippen molar-refractivity contribution in [3.05, 3.63) is 28.2 Å². The molecule has 0 saturated carbocycles. The highest BCUT2D eigenvalue weighted by atomic mass is 79.9. The number of rotatable bonds is 3. The van der Waals surface area contributed by atoms with Gasteiger partial charge in [0, 0.05) is 10.2 Å². The molecule has 15 heavy (non-hydrogen) atoms. The quantitative estimate of drug-likeness (QED) is 0.850. The van der Waals surface area contributed by atoms with Crippen LogP contribution in [-0.4, -0.2) is 6.04 Å². The average molecular weight is 263 g/mol. The summed E-state index contributed by atoms with van der Waals surface area (Å²) in [6.07, 6.45) is 6.20. The van der Waals surface area contributed by atoms with Crippen molar-refractivity contribution in [3.63, 3.8) is 0 Å². The van der Waals surface area contributed by atoms with Crippen LogP contribution in [0.3, 0.4) is 0 Å². The zero-order valence-corrected chi connectivity index (χ0v) is 10.0. The van der Waals surface area contributed by atoms with E-state index in [-0.39, 0.29) is 6.04 Å². The Balaban J connectivity index is 2.92. The lowest BCUT2D eigenvalue weighted by molar-refractivity contribution is 0.857. The van der Waals surface area contributed by atoms with Crippen molar-refractivity contribution in [2.75, 3.05) is 5.32 Å². The number of nitrogens with one attached hydrogen (secondary N) is 1. The van der Waals surface area contributed by atoms with Gasteiger partial charge in [0.15, 0.2) is 0 Å². The minimum absolute atomic E-state index is 0.00541. The molecule has 0 amide bonds. The second-order valence-electron chi connectivity index (χ2n) is 3.11. The maximum Gasteiger partial charge on any atom is 0.0992 e. The number of hydrogen-bond donors (Lipinski definition) is 1. The molecule has 0 radical (unpaired) electrons. The van der Waals surface area contributed by atoms with Crippen molar-refractivity contribution < 1.29 is 0 Å². The van der Waals surface area contributed by atoms with Gasteiger partial charge in [0.1, 0.15) is 0 Å². The SMILES string of the molecule is C#CC(CC)Nc1cc(Br)cc(C#N)c1. The Hall–Kier alpha value is -1.45. The Kier molecular flexibility index (Phi) is 4.21. The lowest BCUT2D eigenvalue weighted by Gasteiger charge is -2.12. The van der Waals surface area contributed by atoms with E-state index in [9.17, 15) is 0 Å². The van der Waals surface area contributed by atoms with E-state index in [1.54, 1.807) is 12.1 Å². The van der Waals surface area contributed by atoms with Gasteiger partial charge in [0.2, 0.25) is 0 Å². The third-order valence-electron chi connectivity index (χ3n) is 1.98. The zero-order chi connectivity index (χ0) is 11.3. The lowest BCUT2D eigenvalue weighted by Crippen LogP contribution is -2.15. The van der Waals surface area contributed by atoms with Gasteiger partial charge in [-0.3, -0.25) is 0 Å². The molecule has 0 aromatic heterocycles. The van der Waals surface area contributed by atoms with Crippen LogP contribution in [0.25, 0.3) is 0 Å². The molecule has 1 unspecified atom stereocenters. The van der Waals surface area contributed by atoms with Crippen LogP contribution in [0.4, 0.5) is 5.69 Å². The topological polar surface area (TPSA) is 35.8 Å². The van der Waals surface area contributed by atoms with E-state index < -0.39 is 0 Å². The molecule has 0 aliphatic carbocycles. The molecule has 3 heteroatoms. The number of hydrogen-bond acceptors (Lipinski definition) is 2. The fraction of sp³-hybridized carbons (Fsp3) is 0.250. The van der Waals surface area contributed by atoms with Gasteiger partial charge in [-0.25, -0.2) is 0 Å². The number of terminal acetylenes is 1. The van der Waals surface area contributed by atoms with Gasteiger partial charge in [-0.05, 0) is 24.6 Å². The molecule has 1 N–H and O–H groups in total. The maximum atomic E-state index is 8.80. The van der Waals surface area contributed by atoms with Crippen LogP contribution in [0.2, 0.25) is 0 Å². The number of nitrogens with zero attached hydrogens (tertiary/aromatic N) is 1. The zero-order valence-electron chi connectivity index (χ0n) is 8.42. The Labute approximate surface area is 98.4 Å². The molecule has 0 spiro atoms. The molecule has 0 bridgehead atoms. The molecule has 1 aromatic rings. The molecule has 0 heterocycles. The third-order valence-corrected chi connectivity index (χ3v) is 2.44. The average Bonchev–Trinajstić information content (AvgIpc) is 2.25. The summed E-state index contributed by atoms with van der Waals surface area (Å²) in [5.74, 6) is 2.65. The van der Waals surface area contributed by atoms with Crippen molar-refractivity contribution in [1.29, 1.82) is 5.26 Å². The molecule has 0 aliphatic heterocycles. The van der Waals surface area contributed by atoms with Crippen LogP contribution in [0, 0.1) is 23.7 Å². The van der Waals surface area contributed by atoms with Crippen LogP contribution in [0.1, 0.15) is 18.9 Å². The van der Waals surface area contributed by atoms with Gasteiger partial charge >= 0.3 is 0 Å². The van der Waals surface area contributed by atoms with Gasteiger partial charge < -0.3 is 5.32 Å². The van der Waals surface area contributed by atoms with E-state index in [2.05, 4.69) is 33.2 Å². The number of benzene rings is 1. The number of halogens is 1. The first-order chi connectivity index (χ1) is 7.19. The predicted octanol–water partition coefficient (Wildman–Crippen LogP) is 3.14. The minimum atomic E-state index is 0.00541. The number of nitriles is 1. The van der Waals surface area contributed by atoms with Crippen LogP contribution in [-0.2, 0) is 0 Å². The van der Waals surface area contributed by atoms with Crippen molar-refractivity contribution in [2.45, 2.75) is 19.4 Å². The summed E-state index contributed by atoms with van der Waals surface area (Å²) in [7, 11) is 0. The Bertz CT molecular complexity index is 426. The van der Waals surface area contributed by atoms with E-state index >= 15 is 0 Å². The molecule has 0 aliphatic rings. The van der Waals surface area contributed by atoms with Gasteiger partial charge in [0.25, 0.3) is 0 Å². The summed E-state index contributed by atoms with van der Waals surface area (Å²) >= 11 is 3.34. The maximum absolute atomic E-state index is 8.80. The van der Waals surface area contributed by atoms with Crippen molar-refractivity contribution >= 4 is 21.6 Å². The predicted molar refractivity (Wildman–Crippen MR) is 65.4 cm³/mol. The van der Waals surface area contributed by atoms with Crippen LogP contribution < -0.4 is 5.32 Å². The van der Waals surface area contributed by atoms with Gasteiger partial charge in [0.05, 0.1) is 17.7 Å². The lowest BCUT2D eigenvalue weighted by atomic mass is 10.2. The fourth-order valence-corrected chi connectivity index (χ4v) is 1.69. The highest BCUT2D eigenvalue weighted by Gasteiger charge is 2.03. The van der Waals surface area contributed by atoms with E-state index in [0.29, 0.717) is 5.56 Å². The molecular weight excluding hydrogens is 252 g/mol. The second kappa shape index (κ2) is 5.44. The standard InChI is InChI=1S/C12H11BrN2/c1-3-11(4-2)15-12-6-9(8-14)5-10(13)7-12/h1,5-7,11,15H,4H2,2H3. The molecule has 0 saturated heterocycles. The molecular formula is C12H11BrN2. The first-order valence-corrected chi connectivity index (χ1v) is 5.42. The van der Waals surface area contributed by atoms with E-state index in [4.69, 9.17) is 11.7 Å². The third kappa shape index (κ3) is 3.31. The molecule has 1 rings (SSSR count). The van der Waals surface area contributed by atoms with E-state index in [0.717, 1.165) is 16.6 Å². The van der Waals surface area contributed by atoms with Crippen LogP contribution in [0.5, 0.6) is 0 Å². The molecule has 2 nitrogen and oxygen atoms in total. The highest BCUT2D eigenvalue weighted by molar-refractivity contribution is 9.10. The monoisotopic (exact) mass is 262 g/mol. The smallest absolute Gasteiger partial charge is 0.0992 e. The Morgan fingerprint density at radius 3 is 2.80 bits per heavy atom. The Morgan fingerprint density at radius 2 is 2.27 bits per heavy atom. The summed E-state index contributed by atoms with van der Waals surface area (Å²) in [4.78, 5) is 0. The number of anilines is 1. The van der Waals surface area contributed by atoms with Crippen molar-refractivity contribution in [3.8, 4) is 18.4 Å². The summed E-state index contributed by atoms with van der Waals surface area (Å²) in [6.45, 7) is 2.01. The van der Waals surface area contributed by atoms with Gasteiger partial charge in [-0.2, -0.15) is 5.26 Å². The summed E-state index contributed by atoms with van der Waals surface area (Å²) < 4.78 is 0.871. The van der Waals surface area contributed by atoms with Crippen molar-refractivity contribution in [2.24, 2.45) is 0 Å². The van der Waals surface area contributed by atoms with Crippen LogP contribution in [0.15, 0.2) is 22.7 Å². The van der Waals surface area contributed by atoms with Crippen LogP contribution >= 0.6 is 15.9 Å². The van der Waals surface area contributed by atoms with E-state index in [1.807, 2.05) is 13.0 Å². The first kappa shape index (κ1) is 11.6. The largest absolute Gasteiger partial charge is 0.372 e. The summed E-state index contributed by atoms with van der Waals surface area (Å²) in [6, 6.07) is 7.55. The summed E-state index contributed by atoms with van der Waals surface area (Å²) in [5.41, 5.74) is 1.48. The minimum Gasteiger partial charge on any atom is -0.372 e. The summed E-state index contributed by atoms with van der Waals surface area (Å²) in [5, 5.41) is 12.0. The van der Waals surface area contributed by atoms with Gasteiger partial charge in [-0.15, -0.1) is 6.42 Å². The first-order valence-electron chi connectivity index (χ1n) is 4.63. The fourth-order valence-electron chi connectivity index (χ4n) is 1.20. The van der Waals surface area contributed by atoms with Crippen molar-refractivity contribution in [1.82, 2.24) is 0 Å². The normalized spacial score (nSPS) is 11.2. The Morgan fingerprint density at radius 1 is 1.53 bits per heavy atom. The molecule has 1 aromatic carbocycles. The van der Waals surface area contributed by atoms with Gasteiger partial charge in [-0.1, -0.05) is 28.8 Å². The highest BCUT2D eigenvalue weighted by Crippen LogP contribution is 2.20. The van der Waals surface area contributed by atoms with E-state index in [1.165, 1.54) is 0 Å². The molecule has 76 valence electrons. The molecule has 0 fully saturated rings. The second-order valence-corrected chi connectivity index (χ2v) is 4.03. The molecule has 1 atom stereocenters.